The topological polar surface area (TPSA) is 95.4 Å². The lowest BCUT2D eigenvalue weighted by atomic mass is 9.96. The third-order valence-electron chi connectivity index (χ3n) is 4.90. The molecule has 1 aromatic heterocycles. The van der Waals surface area contributed by atoms with E-state index >= 15 is 0 Å². The molecule has 0 spiro atoms. The van der Waals surface area contributed by atoms with Gasteiger partial charge >= 0.3 is 0 Å². The molecule has 4 rings (SSSR count). The van der Waals surface area contributed by atoms with Gasteiger partial charge in [-0.05, 0) is 55.2 Å². The summed E-state index contributed by atoms with van der Waals surface area (Å²) in [5.41, 5.74) is 0.740. The van der Waals surface area contributed by atoms with Crippen molar-refractivity contribution in [3.63, 3.8) is 0 Å². The summed E-state index contributed by atoms with van der Waals surface area (Å²) in [6, 6.07) is 9.40. The van der Waals surface area contributed by atoms with Crippen molar-refractivity contribution in [2.24, 2.45) is 0 Å². The Labute approximate surface area is 154 Å². The van der Waals surface area contributed by atoms with Crippen molar-refractivity contribution in [1.29, 1.82) is 0 Å². The molecule has 3 aromatic rings. The summed E-state index contributed by atoms with van der Waals surface area (Å²) in [5.74, 6) is -0.00403. The summed E-state index contributed by atoms with van der Waals surface area (Å²) in [4.78, 5) is 12.1. The van der Waals surface area contributed by atoms with Crippen LogP contribution in [0.4, 0.5) is 4.39 Å². The predicted molar refractivity (Wildman–Crippen MR) is 97.0 cm³/mol. The highest BCUT2D eigenvalue weighted by Gasteiger charge is 2.20. The van der Waals surface area contributed by atoms with Crippen molar-refractivity contribution in [3.8, 4) is 5.75 Å². The van der Waals surface area contributed by atoms with Crippen LogP contribution in [0.15, 0.2) is 41.2 Å². The minimum absolute atomic E-state index is 0.199. The van der Waals surface area contributed by atoms with E-state index in [1.54, 1.807) is 24.3 Å². The largest absolute Gasteiger partial charge is 0.490 e. The van der Waals surface area contributed by atoms with Crippen molar-refractivity contribution >= 4 is 10.8 Å². The summed E-state index contributed by atoms with van der Waals surface area (Å²) in [5, 5.41) is 26.3. The molecule has 0 saturated heterocycles. The molecule has 1 heterocycles. The van der Waals surface area contributed by atoms with Gasteiger partial charge in [0.25, 0.3) is 5.56 Å². The van der Waals surface area contributed by atoms with Gasteiger partial charge in [0, 0.05) is 17.4 Å². The first-order valence-electron chi connectivity index (χ1n) is 8.83. The molecule has 1 fully saturated rings. The van der Waals surface area contributed by atoms with Crippen LogP contribution in [0.25, 0.3) is 10.8 Å². The number of aromatic nitrogens is 2. The first kappa shape index (κ1) is 17.6. The van der Waals surface area contributed by atoms with Crippen LogP contribution in [0.1, 0.15) is 42.4 Å². The van der Waals surface area contributed by atoms with E-state index in [0.29, 0.717) is 34.2 Å². The number of nitrogens with one attached hydrogen (secondary N) is 1. The molecule has 27 heavy (non-hydrogen) atoms. The Bertz CT molecular complexity index is 1040. The van der Waals surface area contributed by atoms with E-state index < -0.39 is 12.1 Å². The van der Waals surface area contributed by atoms with Crippen molar-refractivity contribution in [3.05, 3.63) is 69.4 Å². The molecule has 0 amide bonds. The van der Waals surface area contributed by atoms with Gasteiger partial charge < -0.3 is 14.9 Å². The number of H-pyrrole nitrogens is 1. The summed E-state index contributed by atoms with van der Waals surface area (Å²) < 4.78 is 19.6. The zero-order chi connectivity index (χ0) is 19.0. The minimum Gasteiger partial charge on any atom is -0.490 e. The highest BCUT2D eigenvalue weighted by molar-refractivity contribution is 5.85. The van der Waals surface area contributed by atoms with Gasteiger partial charge in [-0.15, -0.1) is 0 Å². The first-order valence-corrected chi connectivity index (χ1v) is 8.83. The van der Waals surface area contributed by atoms with Crippen LogP contribution in [0.3, 0.4) is 0 Å². The number of ether oxygens (including phenoxy) is 1. The number of nitrogens with zero attached hydrogens (tertiary/aromatic N) is 1. The van der Waals surface area contributed by atoms with Crippen LogP contribution < -0.4 is 10.3 Å². The maximum absolute atomic E-state index is 13.7. The summed E-state index contributed by atoms with van der Waals surface area (Å²) in [7, 11) is 0. The molecule has 0 radical (unpaired) electrons. The Hall–Kier alpha value is -2.77. The van der Waals surface area contributed by atoms with E-state index in [2.05, 4.69) is 10.2 Å². The third-order valence-corrected chi connectivity index (χ3v) is 4.90. The van der Waals surface area contributed by atoms with Gasteiger partial charge in [-0.1, -0.05) is 6.07 Å². The van der Waals surface area contributed by atoms with E-state index in [0.717, 1.165) is 19.3 Å². The maximum Gasteiger partial charge on any atom is 0.272 e. The fourth-order valence-electron chi connectivity index (χ4n) is 3.18. The molecular formula is C20H19FN2O4. The molecule has 3 N–H and O–H groups in total. The fraction of sp³-hybridized carbons (Fsp3) is 0.300. The van der Waals surface area contributed by atoms with Crippen LogP contribution in [0.2, 0.25) is 0 Å². The Balaban J connectivity index is 1.72. The van der Waals surface area contributed by atoms with E-state index in [9.17, 15) is 19.4 Å². The van der Waals surface area contributed by atoms with E-state index in [1.807, 2.05) is 0 Å². The molecule has 6 nitrogen and oxygen atoms in total. The zero-order valence-electron chi connectivity index (χ0n) is 14.5. The molecule has 2 aromatic carbocycles. The van der Waals surface area contributed by atoms with E-state index in [4.69, 9.17) is 4.74 Å². The molecular weight excluding hydrogens is 351 g/mol. The molecule has 0 unspecified atom stereocenters. The second-order valence-corrected chi connectivity index (χ2v) is 6.78. The SMILES string of the molecule is O=c1[nH]nc(Cc2ccc(F)c(C(O)O)c2)c2cc(OC3CCC3)ccc12. The zero-order valence-corrected chi connectivity index (χ0v) is 14.5. The number of aliphatic hydroxyl groups is 2. The van der Waals surface area contributed by atoms with Gasteiger partial charge in [-0.25, -0.2) is 9.49 Å². The van der Waals surface area contributed by atoms with Crippen molar-refractivity contribution < 1.29 is 19.3 Å². The van der Waals surface area contributed by atoms with Crippen LogP contribution >= 0.6 is 0 Å². The lowest BCUT2D eigenvalue weighted by Crippen LogP contribution is -2.24. The molecule has 0 bridgehead atoms. The van der Waals surface area contributed by atoms with Crippen LogP contribution in [-0.4, -0.2) is 26.5 Å². The quantitative estimate of drug-likeness (QED) is 0.600. The van der Waals surface area contributed by atoms with Crippen LogP contribution in [0.5, 0.6) is 5.75 Å². The Kier molecular flexibility index (Phi) is 4.63. The lowest BCUT2D eigenvalue weighted by Gasteiger charge is -2.26. The van der Waals surface area contributed by atoms with Gasteiger partial charge in [0.1, 0.15) is 11.6 Å². The molecule has 7 heteroatoms. The van der Waals surface area contributed by atoms with Crippen LogP contribution in [-0.2, 0) is 6.42 Å². The Morgan fingerprint density at radius 3 is 2.70 bits per heavy atom. The van der Waals surface area contributed by atoms with Gasteiger partial charge in [0.15, 0.2) is 6.29 Å². The Morgan fingerprint density at radius 2 is 2.00 bits per heavy atom. The lowest BCUT2D eigenvalue weighted by molar-refractivity contribution is -0.0449. The highest BCUT2D eigenvalue weighted by atomic mass is 19.1. The number of rotatable bonds is 5. The molecule has 0 aliphatic heterocycles. The van der Waals surface area contributed by atoms with E-state index in [-0.39, 0.29) is 17.2 Å². The van der Waals surface area contributed by atoms with Crippen LogP contribution in [0, 0.1) is 5.82 Å². The average molecular weight is 370 g/mol. The first-order chi connectivity index (χ1) is 13.0. The molecule has 140 valence electrons. The monoisotopic (exact) mass is 370 g/mol. The normalized spacial score (nSPS) is 14.5. The molecule has 1 saturated carbocycles. The number of aromatic amines is 1. The van der Waals surface area contributed by atoms with Crippen molar-refractivity contribution in [2.45, 2.75) is 38.1 Å². The number of hydrogen-bond acceptors (Lipinski definition) is 5. The van der Waals surface area contributed by atoms with E-state index in [1.165, 1.54) is 12.1 Å². The van der Waals surface area contributed by atoms with Gasteiger partial charge in [0.2, 0.25) is 0 Å². The van der Waals surface area contributed by atoms with Gasteiger partial charge in [0.05, 0.1) is 17.2 Å². The van der Waals surface area contributed by atoms with Crippen molar-refractivity contribution in [2.75, 3.05) is 0 Å². The summed E-state index contributed by atoms with van der Waals surface area (Å²) in [6.45, 7) is 0. The minimum atomic E-state index is -1.90. The fourth-order valence-corrected chi connectivity index (χ4v) is 3.18. The summed E-state index contributed by atoms with van der Waals surface area (Å²) in [6.07, 6.45) is 1.83. The Morgan fingerprint density at radius 1 is 1.19 bits per heavy atom. The van der Waals surface area contributed by atoms with Crippen molar-refractivity contribution in [1.82, 2.24) is 10.2 Å². The molecule has 1 aliphatic carbocycles. The highest BCUT2D eigenvalue weighted by Crippen LogP contribution is 2.28. The third kappa shape index (κ3) is 3.56. The molecule has 0 atom stereocenters. The molecule has 1 aliphatic rings. The smallest absolute Gasteiger partial charge is 0.272 e. The van der Waals surface area contributed by atoms with Gasteiger partial charge in [-0.2, -0.15) is 5.10 Å². The van der Waals surface area contributed by atoms with Gasteiger partial charge in [-0.3, -0.25) is 4.79 Å². The number of benzene rings is 2. The second kappa shape index (κ2) is 7.09. The number of hydrogen-bond donors (Lipinski definition) is 3. The number of aliphatic hydroxyl groups excluding tert-OH is 1. The average Bonchev–Trinajstić information content (AvgIpc) is 2.62. The second-order valence-electron chi connectivity index (χ2n) is 6.78. The summed E-state index contributed by atoms with van der Waals surface area (Å²) >= 11 is 0. The maximum atomic E-state index is 13.7. The number of fused-ring (bicyclic) bond motifs is 1. The predicted octanol–water partition coefficient (Wildman–Crippen LogP) is 2.57. The number of halogens is 1. The standard InChI is InChI=1S/C20H19FN2O4/c21-17-7-4-11(8-16(17)20(25)26)9-18-15-10-13(27-12-2-1-3-12)5-6-14(15)19(24)23-22-18/h4-8,10,12,20,25-26H,1-3,9H2,(H,23,24).